The van der Waals surface area contributed by atoms with Crippen molar-refractivity contribution in [3.05, 3.63) is 16.6 Å². The second kappa shape index (κ2) is 7.51. The summed E-state index contributed by atoms with van der Waals surface area (Å²) in [6, 6.07) is 1.06. The van der Waals surface area contributed by atoms with Gasteiger partial charge in [-0.2, -0.15) is 0 Å². The van der Waals surface area contributed by atoms with Crippen LogP contribution in [0.3, 0.4) is 0 Å². The average molecular weight is 329 g/mol. The number of hydrogen-bond donors (Lipinski definition) is 1. The molecule has 0 unspecified atom stereocenters. The number of aromatic carboxylic acids is 1. The molecule has 1 aromatic heterocycles. The molecule has 0 aromatic carbocycles. The topological polar surface area (TPSA) is 64.4 Å². The van der Waals surface area contributed by atoms with Crippen LogP contribution in [-0.2, 0) is 11.5 Å². The van der Waals surface area contributed by atoms with Crippen LogP contribution in [0.5, 0.6) is 0 Å². The molecule has 1 aromatic rings. The van der Waals surface area contributed by atoms with Crippen LogP contribution in [0.25, 0.3) is 0 Å². The van der Waals surface area contributed by atoms with Crippen molar-refractivity contribution < 1.29 is 34.9 Å². The van der Waals surface area contributed by atoms with E-state index in [-0.39, 0.29) is 32.8 Å². The maximum Gasteiger partial charge on any atom is 1.00 e. The third kappa shape index (κ3) is 6.20. The fourth-order valence-corrected chi connectivity index (χ4v) is 2.37. The molecule has 0 saturated carbocycles. The second-order valence-corrected chi connectivity index (χ2v) is 11.4. The number of halogens is 1. The van der Waals surface area contributed by atoms with Gasteiger partial charge in [0.2, 0.25) is 5.82 Å². The Labute approximate surface area is 130 Å². The van der Waals surface area contributed by atoms with Crippen molar-refractivity contribution >= 4 is 30.0 Å². The molecule has 0 aliphatic rings. The van der Waals surface area contributed by atoms with Crippen LogP contribution in [0.2, 0.25) is 25.7 Å². The molecular formula is C10H18BrLiN2O3Si. The average Bonchev–Trinajstić information content (AvgIpc) is 2.53. The minimum Gasteiger partial charge on any atom is -1.00 e. The summed E-state index contributed by atoms with van der Waals surface area (Å²) in [7, 11) is -1.10. The molecule has 18 heavy (non-hydrogen) atoms. The number of rotatable bonds is 6. The molecule has 1 N–H and O–H groups in total. The number of carboxylic acid groups (broad SMARTS) is 1. The summed E-state index contributed by atoms with van der Waals surface area (Å²) < 4.78 is 7.46. The van der Waals surface area contributed by atoms with Crippen molar-refractivity contribution in [2.75, 3.05) is 6.61 Å². The summed E-state index contributed by atoms with van der Waals surface area (Å²) in [5.74, 6) is -1.06. The van der Waals surface area contributed by atoms with Gasteiger partial charge in [-0.15, -0.1) is 0 Å². The quantitative estimate of drug-likeness (QED) is 0.579. The number of imidazole rings is 1. The second-order valence-electron chi connectivity index (χ2n) is 5.01. The Morgan fingerprint density at radius 1 is 1.61 bits per heavy atom. The van der Waals surface area contributed by atoms with Gasteiger partial charge in [-0.25, -0.2) is 9.78 Å². The third-order valence-electron chi connectivity index (χ3n) is 2.17. The number of carboxylic acids is 1. The van der Waals surface area contributed by atoms with E-state index < -0.39 is 14.0 Å². The summed E-state index contributed by atoms with van der Waals surface area (Å²) >= 11 is 3.15. The van der Waals surface area contributed by atoms with E-state index in [9.17, 15) is 4.79 Å². The van der Waals surface area contributed by atoms with E-state index in [0.29, 0.717) is 11.2 Å². The van der Waals surface area contributed by atoms with E-state index in [4.69, 9.17) is 9.84 Å². The first-order chi connectivity index (χ1) is 7.79. The fraction of sp³-hybridized carbons (Fsp3) is 0.600. The van der Waals surface area contributed by atoms with E-state index in [1.807, 2.05) is 0 Å². The van der Waals surface area contributed by atoms with Crippen molar-refractivity contribution in [3.8, 4) is 0 Å². The summed E-state index contributed by atoms with van der Waals surface area (Å²) in [5, 5.41) is 8.91. The van der Waals surface area contributed by atoms with Crippen LogP contribution >= 0.6 is 15.9 Å². The monoisotopic (exact) mass is 328 g/mol. The van der Waals surface area contributed by atoms with Gasteiger partial charge >= 0.3 is 24.8 Å². The van der Waals surface area contributed by atoms with Gasteiger partial charge in [0.25, 0.3) is 0 Å². The summed E-state index contributed by atoms with van der Waals surface area (Å²) in [6.07, 6.45) is 1.61. The molecule has 0 bridgehead atoms. The standard InChI is InChI=1S/C10H17BrN2O3Si.Li.H/c1-17(2,3)5-4-16-7-13-6-8(11)12-9(13)10(14)15;;/h6H,4-5,7H2,1-3H3,(H,14,15);;/q;+1;-1. The van der Waals surface area contributed by atoms with Gasteiger partial charge in [0.05, 0.1) is 0 Å². The van der Waals surface area contributed by atoms with Crippen LogP contribution < -0.4 is 18.9 Å². The molecule has 0 spiro atoms. The number of carbonyl (C=O) groups is 1. The van der Waals surface area contributed by atoms with Crippen molar-refractivity contribution in [1.29, 1.82) is 0 Å². The third-order valence-corrected chi connectivity index (χ3v) is 4.25. The SMILES string of the molecule is C[Si](C)(C)CCOCn1cc(Br)nc1C(=O)O.[H-].[Li+]. The molecular weight excluding hydrogens is 311 g/mol. The molecule has 0 aliphatic heterocycles. The van der Waals surface area contributed by atoms with E-state index in [1.165, 1.54) is 4.57 Å². The molecule has 1 rings (SSSR count). The van der Waals surface area contributed by atoms with E-state index >= 15 is 0 Å². The molecule has 5 nitrogen and oxygen atoms in total. The van der Waals surface area contributed by atoms with Crippen LogP contribution in [0, 0.1) is 0 Å². The molecule has 0 atom stereocenters. The van der Waals surface area contributed by atoms with Crippen molar-refractivity contribution in [3.63, 3.8) is 0 Å². The molecule has 1 heterocycles. The number of hydrogen-bond acceptors (Lipinski definition) is 3. The largest absolute Gasteiger partial charge is 1.00 e. The van der Waals surface area contributed by atoms with Gasteiger partial charge in [-0.3, -0.25) is 0 Å². The number of aromatic nitrogens is 2. The zero-order valence-electron chi connectivity index (χ0n) is 12.2. The number of ether oxygens (including phenoxy) is 1. The maximum absolute atomic E-state index is 10.9. The Balaban J connectivity index is 0. The minimum atomic E-state index is -1.10. The van der Waals surface area contributed by atoms with E-state index in [2.05, 4.69) is 40.6 Å². The molecule has 0 radical (unpaired) electrons. The Hall–Kier alpha value is -0.0657. The van der Waals surface area contributed by atoms with Crippen molar-refractivity contribution in [2.24, 2.45) is 0 Å². The van der Waals surface area contributed by atoms with Crippen LogP contribution in [0.15, 0.2) is 10.8 Å². The summed E-state index contributed by atoms with van der Waals surface area (Å²) in [6.45, 7) is 7.70. The Morgan fingerprint density at radius 2 is 2.22 bits per heavy atom. The van der Waals surface area contributed by atoms with Gasteiger partial charge in [-0.05, 0) is 22.0 Å². The summed E-state index contributed by atoms with van der Waals surface area (Å²) in [5.41, 5.74) is 0. The first-order valence-corrected chi connectivity index (χ1v) is 9.83. The normalized spacial score (nSPS) is 11.1. The smallest absolute Gasteiger partial charge is 1.00 e. The number of nitrogens with zero attached hydrogens (tertiary/aromatic N) is 2. The minimum absolute atomic E-state index is 0. The fourth-order valence-electron chi connectivity index (χ4n) is 1.19. The van der Waals surface area contributed by atoms with Gasteiger partial charge in [0.1, 0.15) is 11.3 Å². The Morgan fingerprint density at radius 3 is 2.72 bits per heavy atom. The molecule has 98 valence electrons. The van der Waals surface area contributed by atoms with Gasteiger partial charge in [0.15, 0.2) is 0 Å². The van der Waals surface area contributed by atoms with Crippen LogP contribution in [-0.4, -0.2) is 35.3 Å². The predicted molar refractivity (Wildman–Crippen MR) is 72.1 cm³/mol. The van der Waals surface area contributed by atoms with Gasteiger partial charge < -0.3 is 15.8 Å². The first kappa shape index (κ1) is 17.9. The van der Waals surface area contributed by atoms with Crippen molar-refractivity contribution in [2.45, 2.75) is 32.4 Å². The molecule has 8 heteroatoms. The molecule has 0 aliphatic carbocycles. The van der Waals surface area contributed by atoms with Gasteiger partial charge in [0, 0.05) is 20.9 Å². The van der Waals surface area contributed by atoms with E-state index in [0.717, 1.165) is 6.04 Å². The van der Waals surface area contributed by atoms with Crippen LogP contribution in [0.1, 0.15) is 12.0 Å². The maximum atomic E-state index is 10.9. The summed E-state index contributed by atoms with van der Waals surface area (Å²) in [4.78, 5) is 14.7. The Kier molecular flexibility index (Phi) is 7.48. The molecule has 0 saturated heterocycles. The molecule has 0 amide bonds. The van der Waals surface area contributed by atoms with Crippen LogP contribution in [0.4, 0.5) is 0 Å². The first-order valence-electron chi connectivity index (χ1n) is 5.33. The zero-order chi connectivity index (χ0) is 13.1. The predicted octanol–water partition coefficient (Wildman–Crippen LogP) is -0.227. The molecule has 0 fully saturated rings. The van der Waals surface area contributed by atoms with E-state index in [1.54, 1.807) is 6.20 Å². The Bertz CT molecular complexity index is 412. The zero-order valence-corrected chi connectivity index (χ0v) is 13.8. The van der Waals surface area contributed by atoms with Crippen molar-refractivity contribution in [1.82, 2.24) is 9.55 Å². The van der Waals surface area contributed by atoms with Gasteiger partial charge in [-0.1, -0.05) is 19.6 Å².